The minimum Gasteiger partial charge on any atom is -0.497 e. The summed E-state index contributed by atoms with van der Waals surface area (Å²) in [6.07, 6.45) is 0.940. The second-order valence-corrected chi connectivity index (χ2v) is 6.49. The fraction of sp³-hybridized carbons (Fsp3) is 0.476. The normalized spacial score (nSPS) is 10.9. The van der Waals surface area contributed by atoms with Crippen LogP contribution in [0.2, 0.25) is 0 Å². The van der Waals surface area contributed by atoms with Crippen molar-refractivity contribution in [3.05, 3.63) is 46.8 Å². The zero-order chi connectivity index (χ0) is 20.4. The molecule has 1 aromatic heterocycles. The first-order valence-corrected chi connectivity index (χ1v) is 9.79. The van der Waals surface area contributed by atoms with Crippen LogP contribution >= 0.6 is 0 Å². The number of hydrogen-bond acceptors (Lipinski definition) is 5. The van der Waals surface area contributed by atoms with Crippen LogP contribution in [0, 0.1) is 0 Å². The monoisotopic (exact) mass is 386 g/mol. The van der Waals surface area contributed by atoms with Crippen molar-refractivity contribution in [2.45, 2.75) is 33.2 Å². The number of hydrogen-bond donors (Lipinski definition) is 1. The number of benzene rings is 1. The second-order valence-electron chi connectivity index (χ2n) is 6.49. The number of methoxy groups -OCH3 is 1. The quantitative estimate of drug-likeness (QED) is 0.640. The van der Waals surface area contributed by atoms with Crippen LogP contribution in [0.1, 0.15) is 26.7 Å². The van der Waals surface area contributed by atoms with Crippen LogP contribution in [0.15, 0.2) is 41.2 Å². The molecule has 0 radical (unpaired) electrons. The summed E-state index contributed by atoms with van der Waals surface area (Å²) in [4.78, 5) is 26.3. The van der Waals surface area contributed by atoms with Gasteiger partial charge in [-0.1, -0.05) is 13.8 Å². The van der Waals surface area contributed by atoms with Crippen LogP contribution in [-0.2, 0) is 11.3 Å². The van der Waals surface area contributed by atoms with Gasteiger partial charge in [0, 0.05) is 37.7 Å². The van der Waals surface area contributed by atoms with E-state index < -0.39 is 0 Å². The number of likely N-dealkylation sites (N-methyl/N-ethyl adjacent to an activating group) is 1. The molecule has 7 nitrogen and oxygen atoms in total. The molecular weight excluding hydrogens is 356 g/mol. The highest BCUT2D eigenvalue weighted by Crippen LogP contribution is 2.19. The van der Waals surface area contributed by atoms with Crippen LogP contribution < -0.4 is 15.6 Å². The van der Waals surface area contributed by atoms with Crippen LogP contribution in [0.5, 0.6) is 5.75 Å². The van der Waals surface area contributed by atoms with Crippen LogP contribution in [0.25, 0.3) is 11.3 Å². The summed E-state index contributed by atoms with van der Waals surface area (Å²) in [7, 11) is 1.62. The van der Waals surface area contributed by atoms with E-state index in [4.69, 9.17) is 4.74 Å². The second kappa shape index (κ2) is 11.2. The highest BCUT2D eigenvalue weighted by Gasteiger charge is 2.06. The smallest absolute Gasteiger partial charge is 0.266 e. The molecule has 7 heteroatoms. The van der Waals surface area contributed by atoms with Crippen LogP contribution in [-0.4, -0.2) is 53.9 Å². The van der Waals surface area contributed by atoms with E-state index in [0.29, 0.717) is 31.6 Å². The average molecular weight is 386 g/mol. The van der Waals surface area contributed by atoms with Crippen molar-refractivity contribution >= 4 is 5.91 Å². The third-order valence-electron chi connectivity index (χ3n) is 4.67. The van der Waals surface area contributed by atoms with Gasteiger partial charge in [0.15, 0.2) is 0 Å². The molecule has 28 heavy (non-hydrogen) atoms. The van der Waals surface area contributed by atoms with Crippen molar-refractivity contribution in [1.29, 1.82) is 0 Å². The van der Waals surface area contributed by atoms with Crippen LogP contribution in [0.4, 0.5) is 0 Å². The van der Waals surface area contributed by atoms with E-state index in [9.17, 15) is 9.59 Å². The lowest BCUT2D eigenvalue weighted by Gasteiger charge is -2.17. The Balaban J connectivity index is 1.86. The van der Waals surface area contributed by atoms with E-state index in [1.807, 2.05) is 24.3 Å². The minimum absolute atomic E-state index is 0.00603. The molecule has 2 aromatic rings. The largest absolute Gasteiger partial charge is 0.497 e. The summed E-state index contributed by atoms with van der Waals surface area (Å²) in [6.45, 7) is 8.07. The average Bonchev–Trinajstić information content (AvgIpc) is 2.72. The van der Waals surface area contributed by atoms with Gasteiger partial charge in [-0.25, -0.2) is 4.68 Å². The highest BCUT2D eigenvalue weighted by atomic mass is 16.5. The Morgan fingerprint density at radius 3 is 2.50 bits per heavy atom. The van der Waals surface area contributed by atoms with Gasteiger partial charge in [0.05, 0.1) is 12.8 Å². The SMILES string of the molecule is CCN(CC)CCNC(=O)CCCn1nc(-c2ccc(OC)cc2)ccc1=O. The number of carbonyl (C=O) groups excluding carboxylic acids is 1. The first kappa shape index (κ1) is 21.6. The summed E-state index contributed by atoms with van der Waals surface area (Å²) < 4.78 is 6.58. The van der Waals surface area contributed by atoms with E-state index in [0.717, 1.165) is 30.9 Å². The van der Waals surface area contributed by atoms with Gasteiger partial charge in [-0.05, 0) is 49.8 Å². The fourth-order valence-corrected chi connectivity index (χ4v) is 2.90. The lowest BCUT2D eigenvalue weighted by atomic mass is 10.1. The Morgan fingerprint density at radius 1 is 1.14 bits per heavy atom. The molecule has 1 heterocycles. The first-order chi connectivity index (χ1) is 13.6. The van der Waals surface area contributed by atoms with Gasteiger partial charge < -0.3 is 15.0 Å². The molecule has 1 N–H and O–H groups in total. The van der Waals surface area contributed by atoms with Gasteiger partial charge in [0.2, 0.25) is 5.91 Å². The number of nitrogens with one attached hydrogen (secondary N) is 1. The minimum atomic E-state index is -0.167. The Hall–Kier alpha value is -2.67. The zero-order valence-corrected chi connectivity index (χ0v) is 17.0. The predicted molar refractivity (Wildman–Crippen MR) is 111 cm³/mol. The molecule has 1 aromatic carbocycles. The maximum absolute atomic E-state index is 12.1. The van der Waals surface area contributed by atoms with Gasteiger partial charge in [0.1, 0.15) is 5.75 Å². The Bertz CT molecular complexity index is 798. The summed E-state index contributed by atoms with van der Waals surface area (Å²) in [6, 6.07) is 10.7. The highest BCUT2D eigenvalue weighted by molar-refractivity contribution is 5.75. The molecule has 0 aliphatic rings. The molecule has 0 saturated carbocycles. The number of ether oxygens (including phenoxy) is 1. The molecular formula is C21H30N4O3. The topological polar surface area (TPSA) is 76.5 Å². The molecule has 152 valence electrons. The molecule has 1 amide bonds. The standard InChI is InChI=1S/C21H30N4O3/c1-4-24(5-2)16-14-22-20(26)7-6-15-25-21(27)13-12-19(23-25)17-8-10-18(28-3)11-9-17/h8-13H,4-7,14-16H2,1-3H3,(H,22,26). The molecule has 2 rings (SSSR count). The maximum atomic E-state index is 12.1. The number of carbonyl (C=O) groups is 1. The lowest BCUT2D eigenvalue weighted by molar-refractivity contribution is -0.121. The van der Waals surface area contributed by atoms with Crippen molar-refractivity contribution in [1.82, 2.24) is 20.0 Å². The summed E-state index contributed by atoms with van der Waals surface area (Å²) in [5.41, 5.74) is 1.45. The molecule has 0 saturated heterocycles. The van der Waals surface area contributed by atoms with E-state index in [-0.39, 0.29) is 11.5 Å². The summed E-state index contributed by atoms with van der Waals surface area (Å²) >= 11 is 0. The molecule has 0 atom stereocenters. The van der Waals surface area contributed by atoms with Crippen molar-refractivity contribution in [3.63, 3.8) is 0 Å². The van der Waals surface area contributed by atoms with Gasteiger partial charge in [-0.3, -0.25) is 9.59 Å². The fourth-order valence-electron chi connectivity index (χ4n) is 2.90. The first-order valence-electron chi connectivity index (χ1n) is 9.79. The molecule has 0 bridgehead atoms. The van der Waals surface area contributed by atoms with Crippen molar-refractivity contribution in [2.75, 3.05) is 33.3 Å². The lowest BCUT2D eigenvalue weighted by Crippen LogP contribution is -2.34. The van der Waals surface area contributed by atoms with Gasteiger partial charge in [0.25, 0.3) is 5.56 Å². The van der Waals surface area contributed by atoms with E-state index in [2.05, 4.69) is 29.2 Å². The molecule has 0 unspecified atom stereocenters. The number of nitrogens with zero attached hydrogens (tertiary/aromatic N) is 3. The van der Waals surface area contributed by atoms with Gasteiger partial charge in [-0.2, -0.15) is 5.10 Å². The molecule has 0 spiro atoms. The summed E-state index contributed by atoms with van der Waals surface area (Å²) in [5, 5.41) is 7.36. The van der Waals surface area contributed by atoms with Crippen LogP contribution in [0.3, 0.4) is 0 Å². The van der Waals surface area contributed by atoms with E-state index in [1.54, 1.807) is 13.2 Å². The van der Waals surface area contributed by atoms with E-state index >= 15 is 0 Å². The number of amides is 1. The predicted octanol–water partition coefficient (Wildman–Crippen LogP) is 2.16. The summed E-state index contributed by atoms with van der Waals surface area (Å²) in [5.74, 6) is 0.774. The van der Waals surface area contributed by atoms with Crippen molar-refractivity contribution in [2.24, 2.45) is 0 Å². The molecule has 0 aliphatic carbocycles. The number of rotatable bonds is 11. The number of aryl methyl sites for hydroxylation is 1. The van der Waals surface area contributed by atoms with Gasteiger partial charge in [-0.15, -0.1) is 0 Å². The van der Waals surface area contributed by atoms with Crippen molar-refractivity contribution < 1.29 is 9.53 Å². The Labute approximate surface area is 166 Å². The third kappa shape index (κ3) is 6.49. The molecule has 0 fully saturated rings. The van der Waals surface area contributed by atoms with Crippen molar-refractivity contribution in [3.8, 4) is 17.0 Å². The molecule has 0 aliphatic heterocycles. The zero-order valence-electron chi connectivity index (χ0n) is 17.0. The van der Waals surface area contributed by atoms with E-state index in [1.165, 1.54) is 10.7 Å². The third-order valence-corrected chi connectivity index (χ3v) is 4.67. The Morgan fingerprint density at radius 2 is 1.86 bits per heavy atom. The Kier molecular flexibility index (Phi) is 8.68. The van der Waals surface area contributed by atoms with Gasteiger partial charge >= 0.3 is 0 Å². The number of aromatic nitrogens is 2. The maximum Gasteiger partial charge on any atom is 0.266 e.